The summed E-state index contributed by atoms with van der Waals surface area (Å²) in [5, 5.41) is 10.3. The minimum Gasteiger partial charge on any atom is -0.496 e. The van der Waals surface area contributed by atoms with Gasteiger partial charge in [0.1, 0.15) is 5.75 Å². The molecule has 0 fully saturated rings. The molecule has 0 aliphatic rings. The average Bonchev–Trinajstić information content (AvgIpc) is 2.27. The Morgan fingerprint density at radius 1 is 1.40 bits per heavy atom. The van der Waals surface area contributed by atoms with E-state index < -0.39 is 6.10 Å². The van der Waals surface area contributed by atoms with Crippen molar-refractivity contribution in [2.75, 3.05) is 12.4 Å². The second-order valence-electron chi connectivity index (χ2n) is 3.83. The number of aliphatic hydroxyl groups is 1. The molecule has 0 bridgehead atoms. The van der Waals surface area contributed by atoms with E-state index in [0.29, 0.717) is 11.2 Å². The van der Waals surface area contributed by atoms with Gasteiger partial charge in [-0.05, 0) is 23.6 Å². The molecule has 0 aromatic heterocycles. The van der Waals surface area contributed by atoms with Crippen molar-refractivity contribution in [3.8, 4) is 5.75 Å². The maximum atomic E-state index is 9.82. The molecule has 0 aliphatic heterocycles. The molecule has 1 aromatic rings. The van der Waals surface area contributed by atoms with Crippen molar-refractivity contribution in [1.29, 1.82) is 0 Å². The Kier molecular flexibility index (Phi) is 4.61. The molecular weight excluding hydrogens is 256 g/mol. The van der Waals surface area contributed by atoms with Gasteiger partial charge in [0.05, 0.1) is 13.2 Å². The van der Waals surface area contributed by atoms with Gasteiger partial charge in [-0.2, -0.15) is 0 Å². The van der Waals surface area contributed by atoms with Gasteiger partial charge in [-0.1, -0.05) is 35.8 Å². The summed E-state index contributed by atoms with van der Waals surface area (Å²) in [6, 6.07) is 5.96. The van der Waals surface area contributed by atoms with Crippen LogP contribution >= 0.6 is 15.9 Å². The van der Waals surface area contributed by atoms with E-state index in [1.807, 2.05) is 18.2 Å². The Balaban J connectivity index is 3.13. The molecule has 15 heavy (non-hydrogen) atoms. The zero-order chi connectivity index (χ0) is 11.4. The van der Waals surface area contributed by atoms with Crippen LogP contribution in [0, 0.1) is 0 Å². The van der Waals surface area contributed by atoms with Crippen molar-refractivity contribution < 1.29 is 9.84 Å². The average molecular weight is 273 g/mol. The van der Waals surface area contributed by atoms with Gasteiger partial charge in [0.15, 0.2) is 0 Å². The van der Waals surface area contributed by atoms with Crippen molar-refractivity contribution in [1.82, 2.24) is 0 Å². The number of methoxy groups -OCH3 is 1. The van der Waals surface area contributed by atoms with Crippen molar-refractivity contribution >= 4 is 15.9 Å². The maximum absolute atomic E-state index is 9.82. The second-order valence-corrected chi connectivity index (χ2v) is 4.47. The first-order chi connectivity index (χ1) is 7.10. The highest BCUT2D eigenvalue weighted by Crippen LogP contribution is 2.29. The van der Waals surface area contributed by atoms with E-state index in [1.54, 1.807) is 7.11 Å². The predicted molar refractivity (Wildman–Crippen MR) is 65.8 cm³/mol. The molecule has 0 radical (unpaired) electrons. The van der Waals surface area contributed by atoms with Gasteiger partial charge in [0.2, 0.25) is 0 Å². The zero-order valence-electron chi connectivity index (χ0n) is 9.33. The Morgan fingerprint density at radius 2 is 2.07 bits per heavy atom. The molecule has 0 aliphatic carbocycles. The molecule has 0 saturated heterocycles. The number of hydrogen-bond donors (Lipinski definition) is 1. The number of rotatable bonds is 4. The van der Waals surface area contributed by atoms with E-state index in [-0.39, 0.29) is 0 Å². The molecule has 1 atom stereocenters. The lowest BCUT2D eigenvalue weighted by molar-refractivity contribution is 0.200. The Morgan fingerprint density at radius 3 is 2.53 bits per heavy atom. The number of ether oxygens (including phenoxy) is 1. The molecule has 0 heterocycles. The first-order valence-corrected chi connectivity index (χ1v) is 6.14. The smallest absolute Gasteiger partial charge is 0.124 e. The standard InChI is InChI=1S/C12H17BrO2/c1-8(2)9-4-5-12(15-3)10(6-9)11(14)7-13/h4-6,8,11,14H,7H2,1-3H3. The number of halogens is 1. The van der Waals surface area contributed by atoms with E-state index >= 15 is 0 Å². The second kappa shape index (κ2) is 5.52. The van der Waals surface area contributed by atoms with Crippen LogP contribution in [-0.2, 0) is 0 Å². The van der Waals surface area contributed by atoms with Gasteiger partial charge in [-0.3, -0.25) is 0 Å². The highest BCUT2D eigenvalue weighted by Gasteiger charge is 2.13. The van der Waals surface area contributed by atoms with Crippen LogP contribution in [0.4, 0.5) is 0 Å². The molecule has 2 nitrogen and oxygen atoms in total. The minimum absolute atomic E-state index is 0.456. The first kappa shape index (κ1) is 12.5. The molecule has 1 unspecified atom stereocenters. The van der Waals surface area contributed by atoms with Crippen LogP contribution in [0.3, 0.4) is 0 Å². The van der Waals surface area contributed by atoms with Gasteiger partial charge in [-0.25, -0.2) is 0 Å². The fourth-order valence-corrected chi connectivity index (χ4v) is 1.80. The Hall–Kier alpha value is -0.540. The van der Waals surface area contributed by atoms with Crippen molar-refractivity contribution in [3.05, 3.63) is 29.3 Å². The monoisotopic (exact) mass is 272 g/mol. The van der Waals surface area contributed by atoms with Crippen LogP contribution in [0.5, 0.6) is 5.75 Å². The summed E-state index contributed by atoms with van der Waals surface area (Å²) in [7, 11) is 1.62. The molecule has 3 heteroatoms. The van der Waals surface area contributed by atoms with E-state index in [9.17, 15) is 5.11 Å². The topological polar surface area (TPSA) is 29.5 Å². The number of benzene rings is 1. The summed E-state index contributed by atoms with van der Waals surface area (Å²) in [5.74, 6) is 1.20. The largest absolute Gasteiger partial charge is 0.496 e. The van der Waals surface area contributed by atoms with Crippen molar-refractivity contribution in [3.63, 3.8) is 0 Å². The van der Waals surface area contributed by atoms with E-state index in [4.69, 9.17) is 4.74 Å². The van der Waals surface area contributed by atoms with Crippen LogP contribution in [-0.4, -0.2) is 17.5 Å². The quantitative estimate of drug-likeness (QED) is 0.853. The molecule has 84 valence electrons. The van der Waals surface area contributed by atoms with Crippen LogP contribution in [0.1, 0.15) is 37.0 Å². The van der Waals surface area contributed by atoms with E-state index in [2.05, 4.69) is 29.8 Å². The molecule has 0 spiro atoms. The highest BCUT2D eigenvalue weighted by molar-refractivity contribution is 9.09. The third-order valence-electron chi connectivity index (χ3n) is 2.43. The van der Waals surface area contributed by atoms with Crippen LogP contribution in [0.2, 0.25) is 0 Å². The summed E-state index contributed by atoms with van der Waals surface area (Å²) in [4.78, 5) is 0. The van der Waals surface area contributed by atoms with Gasteiger partial charge >= 0.3 is 0 Å². The van der Waals surface area contributed by atoms with Gasteiger partial charge in [0, 0.05) is 10.9 Å². The number of aliphatic hydroxyl groups excluding tert-OH is 1. The lowest BCUT2D eigenvalue weighted by atomic mass is 9.98. The number of hydrogen-bond acceptors (Lipinski definition) is 2. The molecule has 1 aromatic carbocycles. The SMILES string of the molecule is COc1ccc(C(C)C)cc1C(O)CBr. The molecule has 0 amide bonds. The van der Waals surface area contributed by atoms with Crippen LogP contribution < -0.4 is 4.74 Å². The summed E-state index contributed by atoms with van der Waals surface area (Å²) < 4.78 is 5.22. The van der Waals surface area contributed by atoms with Crippen molar-refractivity contribution in [2.24, 2.45) is 0 Å². The Labute approximate surface area is 99.4 Å². The fraction of sp³-hybridized carbons (Fsp3) is 0.500. The summed E-state index contributed by atoms with van der Waals surface area (Å²) >= 11 is 3.27. The number of alkyl halides is 1. The molecular formula is C12H17BrO2. The Bertz CT molecular complexity index is 323. The van der Waals surface area contributed by atoms with Gasteiger partial charge in [-0.15, -0.1) is 0 Å². The summed E-state index contributed by atoms with van der Waals surface area (Å²) in [6.45, 7) is 4.26. The molecule has 1 rings (SSSR count). The van der Waals surface area contributed by atoms with E-state index in [1.165, 1.54) is 5.56 Å². The lowest BCUT2D eigenvalue weighted by Crippen LogP contribution is -2.03. The predicted octanol–water partition coefficient (Wildman–Crippen LogP) is 3.25. The lowest BCUT2D eigenvalue weighted by Gasteiger charge is -2.15. The van der Waals surface area contributed by atoms with Crippen molar-refractivity contribution in [2.45, 2.75) is 25.9 Å². The molecule has 0 saturated carbocycles. The summed E-state index contributed by atoms with van der Waals surface area (Å²) in [5.41, 5.74) is 2.06. The normalized spacial score (nSPS) is 12.9. The van der Waals surface area contributed by atoms with Crippen LogP contribution in [0.25, 0.3) is 0 Å². The minimum atomic E-state index is -0.515. The maximum Gasteiger partial charge on any atom is 0.124 e. The van der Waals surface area contributed by atoms with Gasteiger partial charge in [0.25, 0.3) is 0 Å². The highest BCUT2D eigenvalue weighted by atomic mass is 79.9. The third kappa shape index (κ3) is 2.95. The van der Waals surface area contributed by atoms with Crippen LogP contribution in [0.15, 0.2) is 18.2 Å². The molecule has 1 N–H and O–H groups in total. The van der Waals surface area contributed by atoms with Gasteiger partial charge < -0.3 is 9.84 Å². The third-order valence-corrected chi connectivity index (χ3v) is 3.04. The van der Waals surface area contributed by atoms with E-state index in [0.717, 1.165) is 11.3 Å². The fourth-order valence-electron chi connectivity index (χ4n) is 1.46. The first-order valence-electron chi connectivity index (χ1n) is 5.02. The summed E-state index contributed by atoms with van der Waals surface area (Å²) in [6.07, 6.45) is -0.515. The zero-order valence-corrected chi connectivity index (χ0v) is 10.9.